The monoisotopic (exact) mass is 500 g/mol. The molecule has 2 heterocycles. The molecule has 0 bridgehead atoms. The maximum atomic E-state index is 14.5. The molecule has 0 aliphatic heterocycles. The van der Waals surface area contributed by atoms with Crippen LogP contribution in [0.2, 0.25) is 0 Å². The number of carbonyl (C=O) groups is 1. The third-order valence-corrected chi connectivity index (χ3v) is 4.52. The first-order valence-corrected chi connectivity index (χ1v) is 9.67. The molecule has 35 heavy (non-hydrogen) atoms. The van der Waals surface area contributed by atoms with Crippen molar-refractivity contribution in [1.82, 2.24) is 20.3 Å². The number of aromatic amines is 1. The zero-order valence-corrected chi connectivity index (χ0v) is 18.1. The number of H-pyrrole nitrogens is 1. The molecule has 0 unspecified atom stereocenters. The van der Waals surface area contributed by atoms with E-state index in [0.717, 1.165) is 6.07 Å². The summed E-state index contributed by atoms with van der Waals surface area (Å²) in [6.07, 6.45) is -3.80. The molecule has 0 radical (unpaired) electrons. The SMILES string of the molecule is COC[C@@H](NC(=O)c1nc(-c2ccc(OC)cn2)[nH]c(=O)c1F)c1ccc(OC(F)(F)F)c(F)c1. The lowest BCUT2D eigenvalue weighted by atomic mass is 10.1. The molecular weight excluding hydrogens is 483 g/mol. The molecule has 3 rings (SSSR count). The second-order valence-electron chi connectivity index (χ2n) is 6.88. The maximum absolute atomic E-state index is 14.5. The predicted octanol–water partition coefficient (Wildman–Crippen LogP) is 3.13. The van der Waals surface area contributed by atoms with E-state index in [-0.39, 0.29) is 23.7 Å². The van der Waals surface area contributed by atoms with E-state index in [1.54, 1.807) is 0 Å². The zero-order chi connectivity index (χ0) is 25.8. The summed E-state index contributed by atoms with van der Waals surface area (Å²) in [7, 11) is 2.66. The zero-order valence-electron chi connectivity index (χ0n) is 18.1. The van der Waals surface area contributed by atoms with Crippen LogP contribution in [-0.4, -0.2) is 48.0 Å². The smallest absolute Gasteiger partial charge is 0.495 e. The van der Waals surface area contributed by atoms with Crippen molar-refractivity contribution in [2.45, 2.75) is 12.4 Å². The van der Waals surface area contributed by atoms with Gasteiger partial charge in [-0.1, -0.05) is 6.07 Å². The third kappa shape index (κ3) is 6.29. The van der Waals surface area contributed by atoms with Crippen molar-refractivity contribution in [3.8, 4) is 23.0 Å². The summed E-state index contributed by atoms with van der Waals surface area (Å²) in [5.41, 5.74) is -2.05. The Hall–Kier alpha value is -4.07. The lowest BCUT2D eigenvalue weighted by molar-refractivity contribution is -0.275. The van der Waals surface area contributed by atoms with Gasteiger partial charge in [0.1, 0.15) is 11.4 Å². The van der Waals surface area contributed by atoms with Crippen LogP contribution in [0.3, 0.4) is 0 Å². The van der Waals surface area contributed by atoms with E-state index in [0.29, 0.717) is 17.9 Å². The Morgan fingerprint density at radius 3 is 2.49 bits per heavy atom. The van der Waals surface area contributed by atoms with E-state index >= 15 is 0 Å². The summed E-state index contributed by atoms with van der Waals surface area (Å²) in [6.45, 7) is -0.275. The maximum Gasteiger partial charge on any atom is 0.573 e. The average molecular weight is 500 g/mol. The van der Waals surface area contributed by atoms with Crippen LogP contribution in [-0.2, 0) is 4.74 Å². The van der Waals surface area contributed by atoms with Crippen LogP contribution in [0.25, 0.3) is 11.5 Å². The standard InChI is InChI=1S/C21H17F5N4O5/c1-33-9-14(10-3-6-15(12(22)7-10)35-21(24,25)26)28-20(32)17-16(23)19(31)30-18(29-17)13-5-4-11(34-2)8-27-13/h3-8,14H,9H2,1-2H3,(H,28,32)(H,29,30,31)/t14-/m1/s1. The highest BCUT2D eigenvalue weighted by Gasteiger charge is 2.32. The van der Waals surface area contributed by atoms with Crippen LogP contribution in [0.5, 0.6) is 11.5 Å². The lowest BCUT2D eigenvalue weighted by Crippen LogP contribution is -2.34. The number of aromatic nitrogens is 3. The van der Waals surface area contributed by atoms with Gasteiger partial charge in [0.25, 0.3) is 11.5 Å². The van der Waals surface area contributed by atoms with Gasteiger partial charge in [0.2, 0.25) is 5.82 Å². The Morgan fingerprint density at radius 1 is 1.17 bits per heavy atom. The quantitative estimate of drug-likeness (QED) is 0.457. The summed E-state index contributed by atoms with van der Waals surface area (Å²) >= 11 is 0. The first kappa shape index (κ1) is 25.6. The van der Waals surface area contributed by atoms with Gasteiger partial charge in [-0.05, 0) is 29.8 Å². The van der Waals surface area contributed by atoms with Gasteiger partial charge in [-0.15, -0.1) is 13.2 Å². The molecule has 14 heteroatoms. The highest BCUT2D eigenvalue weighted by molar-refractivity contribution is 5.93. The number of rotatable bonds is 8. The average Bonchev–Trinajstić information content (AvgIpc) is 2.81. The predicted molar refractivity (Wildman–Crippen MR) is 110 cm³/mol. The molecule has 0 aliphatic carbocycles. The van der Waals surface area contributed by atoms with Crippen LogP contribution in [0.4, 0.5) is 22.0 Å². The molecule has 9 nitrogen and oxygen atoms in total. The number of hydrogen-bond donors (Lipinski definition) is 2. The van der Waals surface area contributed by atoms with Crippen LogP contribution >= 0.6 is 0 Å². The van der Waals surface area contributed by atoms with Gasteiger partial charge < -0.3 is 24.5 Å². The van der Waals surface area contributed by atoms with Crippen LogP contribution < -0.4 is 20.3 Å². The summed E-state index contributed by atoms with van der Waals surface area (Å²) in [5.74, 6) is -4.91. The molecule has 2 N–H and O–H groups in total. The summed E-state index contributed by atoms with van der Waals surface area (Å²) < 4.78 is 79.2. The number of ether oxygens (including phenoxy) is 3. The first-order chi connectivity index (χ1) is 16.5. The van der Waals surface area contributed by atoms with E-state index in [2.05, 4.69) is 25.0 Å². The van der Waals surface area contributed by atoms with Gasteiger partial charge in [0.05, 0.1) is 26.0 Å². The van der Waals surface area contributed by atoms with Crippen molar-refractivity contribution >= 4 is 5.91 Å². The number of nitrogens with one attached hydrogen (secondary N) is 2. The molecule has 1 atom stereocenters. The van der Waals surface area contributed by atoms with Crippen molar-refractivity contribution in [1.29, 1.82) is 0 Å². The molecule has 186 valence electrons. The molecule has 0 saturated carbocycles. The topological polar surface area (TPSA) is 115 Å². The molecule has 3 aromatic rings. The Morgan fingerprint density at radius 2 is 1.91 bits per heavy atom. The Bertz CT molecular complexity index is 1260. The molecular formula is C21H17F5N4O5. The molecule has 0 spiro atoms. The minimum atomic E-state index is -5.11. The fraction of sp³-hybridized carbons (Fsp3) is 0.238. The number of pyridine rings is 1. The van der Waals surface area contributed by atoms with Gasteiger partial charge in [-0.3, -0.25) is 9.59 Å². The molecule has 1 aromatic carbocycles. The van der Waals surface area contributed by atoms with E-state index in [1.165, 1.54) is 32.5 Å². The largest absolute Gasteiger partial charge is 0.573 e. The van der Waals surface area contributed by atoms with Crippen molar-refractivity contribution in [3.05, 3.63) is 69.8 Å². The van der Waals surface area contributed by atoms with Crippen LogP contribution in [0.1, 0.15) is 22.1 Å². The third-order valence-electron chi connectivity index (χ3n) is 4.52. The van der Waals surface area contributed by atoms with Gasteiger partial charge in [0, 0.05) is 7.11 Å². The molecule has 1 amide bonds. The van der Waals surface area contributed by atoms with Crippen molar-refractivity contribution in [2.75, 3.05) is 20.8 Å². The summed E-state index contributed by atoms with van der Waals surface area (Å²) in [5, 5.41) is 2.32. The number of halogens is 5. The van der Waals surface area contributed by atoms with E-state index in [9.17, 15) is 31.5 Å². The Labute approximate surface area is 193 Å². The minimum absolute atomic E-state index is 0.0190. The summed E-state index contributed by atoms with van der Waals surface area (Å²) in [4.78, 5) is 34.8. The van der Waals surface area contributed by atoms with E-state index in [4.69, 9.17) is 9.47 Å². The normalized spacial score (nSPS) is 12.2. The number of methoxy groups -OCH3 is 2. The second kappa shape index (κ2) is 10.5. The highest BCUT2D eigenvalue weighted by atomic mass is 19.4. The number of alkyl halides is 3. The minimum Gasteiger partial charge on any atom is -0.495 e. The number of nitrogens with zero attached hydrogens (tertiary/aromatic N) is 2. The van der Waals surface area contributed by atoms with E-state index in [1.807, 2.05) is 0 Å². The van der Waals surface area contributed by atoms with E-state index < -0.39 is 46.9 Å². The van der Waals surface area contributed by atoms with Gasteiger partial charge in [-0.2, -0.15) is 4.39 Å². The van der Waals surface area contributed by atoms with Gasteiger partial charge in [-0.25, -0.2) is 14.4 Å². The van der Waals surface area contributed by atoms with Crippen LogP contribution in [0.15, 0.2) is 41.3 Å². The fourth-order valence-electron chi connectivity index (χ4n) is 2.93. The second-order valence-corrected chi connectivity index (χ2v) is 6.88. The number of carbonyl (C=O) groups excluding carboxylic acids is 1. The molecule has 2 aromatic heterocycles. The first-order valence-electron chi connectivity index (χ1n) is 9.67. The van der Waals surface area contributed by atoms with Crippen LogP contribution in [0, 0.1) is 11.6 Å². The van der Waals surface area contributed by atoms with Crippen molar-refractivity contribution in [3.63, 3.8) is 0 Å². The van der Waals surface area contributed by atoms with Crippen molar-refractivity contribution < 1.29 is 41.0 Å². The Balaban J connectivity index is 1.90. The molecule has 0 fully saturated rings. The van der Waals surface area contributed by atoms with Gasteiger partial charge >= 0.3 is 6.36 Å². The highest BCUT2D eigenvalue weighted by Crippen LogP contribution is 2.28. The summed E-state index contributed by atoms with van der Waals surface area (Å²) in [6, 6.07) is 4.23. The van der Waals surface area contributed by atoms with Gasteiger partial charge in [0.15, 0.2) is 23.1 Å². The van der Waals surface area contributed by atoms with Crippen molar-refractivity contribution in [2.24, 2.45) is 0 Å². The molecule has 0 saturated heterocycles. The number of benzene rings is 1. The number of hydrogen-bond acceptors (Lipinski definition) is 7. The fourth-order valence-corrected chi connectivity index (χ4v) is 2.93. The number of amides is 1. The Kier molecular flexibility index (Phi) is 7.64. The lowest BCUT2D eigenvalue weighted by Gasteiger charge is -2.19. The molecule has 0 aliphatic rings.